The van der Waals surface area contributed by atoms with Crippen molar-refractivity contribution in [3.63, 3.8) is 0 Å². The Morgan fingerprint density at radius 3 is 2.67 bits per heavy atom. The van der Waals surface area contributed by atoms with Crippen LogP contribution in [0.2, 0.25) is 0 Å². The number of benzene rings is 1. The maximum Gasteiger partial charge on any atom is 0.224 e. The van der Waals surface area contributed by atoms with Crippen LogP contribution in [0, 0.1) is 0 Å². The number of pyridine rings is 1. The van der Waals surface area contributed by atoms with Crippen LogP contribution in [-0.2, 0) is 11.2 Å². The standard InChI is InChI=1S/C14H14N2O2/c17-13-6-4-12(5-7-13)16-14(18)8-3-11-2-1-9-15-10-11/h1-2,4-7,9-10,17H,3,8H2,(H,16,18). The Morgan fingerprint density at radius 2 is 2.00 bits per heavy atom. The van der Waals surface area contributed by atoms with Gasteiger partial charge in [-0.1, -0.05) is 6.07 Å². The molecule has 0 fully saturated rings. The van der Waals surface area contributed by atoms with E-state index < -0.39 is 0 Å². The first-order valence-corrected chi connectivity index (χ1v) is 5.72. The van der Waals surface area contributed by atoms with Gasteiger partial charge in [-0.05, 0) is 42.3 Å². The first kappa shape index (κ1) is 12.1. The van der Waals surface area contributed by atoms with Crippen LogP contribution in [0.25, 0.3) is 0 Å². The third-order valence-corrected chi connectivity index (χ3v) is 2.51. The zero-order chi connectivity index (χ0) is 12.8. The van der Waals surface area contributed by atoms with E-state index in [0.717, 1.165) is 5.56 Å². The molecule has 1 heterocycles. The molecule has 92 valence electrons. The summed E-state index contributed by atoms with van der Waals surface area (Å²) in [6.07, 6.45) is 4.54. The second-order valence-electron chi connectivity index (χ2n) is 3.96. The Hall–Kier alpha value is -2.36. The second-order valence-corrected chi connectivity index (χ2v) is 3.96. The Kier molecular flexibility index (Phi) is 3.91. The molecule has 0 bridgehead atoms. The van der Waals surface area contributed by atoms with Gasteiger partial charge in [-0.3, -0.25) is 9.78 Å². The van der Waals surface area contributed by atoms with Gasteiger partial charge >= 0.3 is 0 Å². The molecule has 1 amide bonds. The van der Waals surface area contributed by atoms with Crippen molar-refractivity contribution in [3.05, 3.63) is 54.4 Å². The lowest BCUT2D eigenvalue weighted by Crippen LogP contribution is -2.12. The predicted molar refractivity (Wildman–Crippen MR) is 69.3 cm³/mol. The van der Waals surface area contributed by atoms with Gasteiger partial charge in [0.25, 0.3) is 0 Å². The number of aromatic hydroxyl groups is 1. The molecule has 18 heavy (non-hydrogen) atoms. The number of phenols is 1. The molecule has 4 nitrogen and oxygen atoms in total. The molecule has 4 heteroatoms. The van der Waals surface area contributed by atoms with Crippen molar-refractivity contribution < 1.29 is 9.90 Å². The lowest BCUT2D eigenvalue weighted by atomic mass is 10.1. The molecule has 2 rings (SSSR count). The van der Waals surface area contributed by atoms with E-state index in [-0.39, 0.29) is 11.7 Å². The van der Waals surface area contributed by atoms with Gasteiger partial charge in [0, 0.05) is 24.5 Å². The molecule has 0 saturated carbocycles. The van der Waals surface area contributed by atoms with Crippen molar-refractivity contribution >= 4 is 11.6 Å². The SMILES string of the molecule is O=C(CCc1cccnc1)Nc1ccc(O)cc1. The molecule has 0 saturated heterocycles. The van der Waals surface area contributed by atoms with Crippen molar-refractivity contribution in [3.8, 4) is 5.75 Å². The molecule has 2 aromatic rings. The van der Waals surface area contributed by atoms with Crippen LogP contribution < -0.4 is 5.32 Å². The number of aryl methyl sites for hydroxylation is 1. The summed E-state index contributed by atoms with van der Waals surface area (Å²) in [7, 11) is 0. The Labute approximate surface area is 105 Å². The monoisotopic (exact) mass is 242 g/mol. The minimum atomic E-state index is -0.0513. The highest BCUT2D eigenvalue weighted by atomic mass is 16.3. The predicted octanol–water partition coefficient (Wildman–Crippen LogP) is 2.36. The highest BCUT2D eigenvalue weighted by Gasteiger charge is 2.03. The van der Waals surface area contributed by atoms with Crippen molar-refractivity contribution in [2.24, 2.45) is 0 Å². The molecule has 0 radical (unpaired) electrons. The minimum absolute atomic E-state index is 0.0513. The summed E-state index contributed by atoms with van der Waals surface area (Å²) in [5, 5.41) is 11.9. The lowest BCUT2D eigenvalue weighted by molar-refractivity contribution is -0.116. The summed E-state index contributed by atoms with van der Waals surface area (Å²) in [4.78, 5) is 15.7. The van der Waals surface area contributed by atoms with Crippen LogP contribution in [0.3, 0.4) is 0 Å². The number of phenolic OH excluding ortho intramolecular Hbond substituents is 1. The van der Waals surface area contributed by atoms with Gasteiger partial charge in [0.05, 0.1) is 0 Å². The van der Waals surface area contributed by atoms with E-state index in [9.17, 15) is 4.79 Å². The fourth-order valence-corrected chi connectivity index (χ4v) is 1.57. The number of carbonyl (C=O) groups is 1. The third-order valence-electron chi connectivity index (χ3n) is 2.51. The minimum Gasteiger partial charge on any atom is -0.508 e. The molecule has 0 unspecified atom stereocenters. The highest BCUT2D eigenvalue weighted by molar-refractivity contribution is 5.90. The van der Waals surface area contributed by atoms with E-state index in [0.29, 0.717) is 18.5 Å². The van der Waals surface area contributed by atoms with E-state index in [1.54, 1.807) is 24.5 Å². The average Bonchev–Trinajstić information content (AvgIpc) is 2.40. The molecule has 0 aliphatic rings. The summed E-state index contributed by atoms with van der Waals surface area (Å²) < 4.78 is 0. The number of anilines is 1. The number of hydrogen-bond acceptors (Lipinski definition) is 3. The van der Waals surface area contributed by atoms with E-state index >= 15 is 0 Å². The molecular weight excluding hydrogens is 228 g/mol. The summed E-state index contributed by atoms with van der Waals surface area (Å²) in [5.74, 6) is 0.132. The largest absolute Gasteiger partial charge is 0.508 e. The summed E-state index contributed by atoms with van der Waals surface area (Å²) in [6, 6.07) is 10.2. The van der Waals surface area contributed by atoms with Crippen LogP contribution in [0.5, 0.6) is 5.75 Å². The topological polar surface area (TPSA) is 62.2 Å². The van der Waals surface area contributed by atoms with Gasteiger partial charge < -0.3 is 10.4 Å². The number of rotatable bonds is 4. The number of hydrogen-bond donors (Lipinski definition) is 2. The maximum absolute atomic E-state index is 11.7. The van der Waals surface area contributed by atoms with Crippen molar-refractivity contribution in [1.29, 1.82) is 0 Å². The molecule has 0 aliphatic carbocycles. The fourth-order valence-electron chi connectivity index (χ4n) is 1.57. The van der Waals surface area contributed by atoms with Crippen LogP contribution in [0.15, 0.2) is 48.8 Å². The molecule has 0 spiro atoms. The number of nitrogens with one attached hydrogen (secondary N) is 1. The molecule has 0 atom stereocenters. The van der Waals surface area contributed by atoms with Crippen LogP contribution >= 0.6 is 0 Å². The van der Waals surface area contributed by atoms with Gasteiger partial charge in [-0.15, -0.1) is 0 Å². The Morgan fingerprint density at radius 1 is 1.22 bits per heavy atom. The van der Waals surface area contributed by atoms with E-state index in [1.165, 1.54) is 12.1 Å². The maximum atomic E-state index is 11.7. The molecule has 0 aliphatic heterocycles. The van der Waals surface area contributed by atoms with Crippen molar-refractivity contribution in [1.82, 2.24) is 4.98 Å². The second kappa shape index (κ2) is 5.82. The van der Waals surface area contributed by atoms with Gasteiger partial charge in [-0.2, -0.15) is 0 Å². The molecular formula is C14H14N2O2. The zero-order valence-corrected chi connectivity index (χ0v) is 9.84. The first-order valence-electron chi connectivity index (χ1n) is 5.72. The summed E-state index contributed by atoms with van der Waals surface area (Å²) in [5.41, 5.74) is 1.72. The third kappa shape index (κ3) is 3.59. The average molecular weight is 242 g/mol. The molecule has 1 aromatic heterocycles. The molecule has 1 aromatic carbocycles. The van der Waals surface area contributed by atoms with E-state index in [1.807, 2.05) is 12.1 Å². The molecule has 2 N–H and O–H groups in total. The fraction of sp³-hybridized carbons (Fsp3) is 0.143. The number of carbonyl (C=O) groups excluding carboxylic acids is 1. The summed E-state index contributed by atoms with van der Waals surface area (Å²) >= 11 is 0. The Bertz CT molecular complexity index is 509. The number of nitrogens with zero attached hydrogens (tertiary/aromatic N) is 1. The van der Waals surface area contributed by atoms with E-state index in [2.05, 4.69) is 10.3 Å². The normalized spacial score (nSPS) is 10.0. The number of amides is 1. The smallest absolute Gasteiger partial charge is 0.224 e. The lowest BCUT2D eigenvalue weighted by Gasteiger charge is -2.05. The van der Waals surface area contributed by atoms with Gasteiger partial charge in [0.15, 0.2) is 0 Å². The van der Waals surface area contributed by atoms with Crippen LogP contribution in [0.1, 0.15) is 12.0 Å². The van der Waals surface area contributed by atoms with E-state index in [4.69, 9.17) is 5.11 Å². The first-order chi connectivity index (χ1) is 8.74. The summed E-state index contributed by atoms with van der Waals surface area (Å²) in [6.45, 7) is 0. The van der Waals surface area contributed by atoms with Gasteiger partial charge in [0.2, 0.25) is 5.91 Å². The quantitative estimate of drug-likeness (QED) is 0.809. The van der Waals surface area contributed by atoms with Crippen molar-refractivity contribution in [2.45, 2.75) is 12.8 Å². The van der Waals surface area contributed by atoms with Gasteiger partial charge in [0.1, 0.15) is 5.75 Å². The van der Waals surface area contributed by atoms with Crippen LogP contribution in [0.4, 0.5) is 5.69 Å². The Balaban J connectivity index is 1.84. The van der Waals surface area contributed by atoms with Crippen molar-refractivity contribution in [2.75, 3.05) is 5.32 Å². The zero-order valence-electron chi connectivity index (χ0n) is 9.84. The number of aromatic nitrogens is 1. The highest BCUT2D eigenvalue weighted by Crippen LogP contribution is 2.14. The van der Waals surface area contributed by atoms with Gasteiger partial charge in [-0.25, -0.2) is 0 Å². The van der Waals surface area contributed by atoms with Crippen LogP contribution in [-0.4, -0.2) is 16.0 Å².